The summed E-state index contributed by atoms with van der Waals surface area (Å²) in [5.74, 6) is 0. The number of para-hydroxylation sites is 1. The largest absolute Gasteiger partial charge is 0.393 e. The molecule has 0 unspecified atom stereocenters. The fourth-order valence-electron chi connectivity index (χ4n) is 1.52. The molecule has 0 fully saturated rings. The lowest BCUT2D eigenvalue weighted by molar-refractivity contribution is 0.196. The molecule has 1 aromatic heterocycles. The monoisotopic (exact) mass is 176 g/mol. The van der Waals surface area contributed by atoms with Crippen LogP contribution in [-0.2, 0) is 6.42 Å². The Morgan fingerprint density at radius 3 is 3.15 bits per heavy atom. The van der Waals surface area contributed by atoms with E-state index in [1.165, 1.54) is 0 Å². The van der Waals surface area contributed by atoms with Crippen molar-refractivity contribution in [3.05, 3.63) is 30.0 Å². The Bertz CT molecular complexity index is 406. The van der Waals surface area contributed by atoms with Crippen LogP contribution in [0.5, 0.6) is 0 Å². The SMILES string of the molecule is C[C@@H](O)Cc1cccc2cn[nH]c12. The molecule has 0 saturated heterocycles. The minimum absolute atomic E-state index is 0.311. The summed E-state index contributed by atoms with van der Waals surface area (Å²) in [6, 6.07) is 5.99. The molecule has 2 aromatic rings. The molecule has 13 heavy (non-hydrogen) atoms. The van der Waals surface area contributed by atoms with Gasteiger partial charge in [-0.1, -0.05) is 18.2 Å². The maximum atomic E-state index is 9.27. The van der Waals surface area contributed by atoms with Crippen molar-refractivity contribution in [1.29, 1.82) is 0 Å². The molecule has 1 atom stereocenters. The molecule has 1 heterocycles. The van der Waals surface area contributed by atoms with Gasteiger partial charge in [0, 0.05) is 11.8 Å². The lowest BCUT2D eigenvalue weighted by atomic mass is 10.1. The number of hydrogen-bond acceptors (Lipinski definition) is 2. The standard InChI is InChI=1S/C10H12N2O/c1-7(13)5-8-3-2-4-9-6-11-12-10(8)9/h2-4,6-7,13H,5H2,1H3,(H,11,12)/t7-/m1/s1. The number of aliphatic hydroxyl groups is 1. The Labute approximate surface area is 76.4 Å². The molecule has 0 aliphatic heterocycles. The van der Waals surface area contributed by atoms with Gasteiger partial charge >= 0.3 is 0 Å². The van der Waals surface area contributed by atoms with E-state index in [2.05, 4.69) is 10.2 Å². The van der Waals surface area contributed by atoms with Gasteiger partial charge < -0.3 is 5.11 Å². The first-order chi connectivity index (χ1) is 6.27. The Hall–Kier alpha value is -1.35. The number of nitrogens with one attached hydrogen (secondary N) is 1. The Balaban J connectivity index is 2.48. The molecule has 0 aliphatic rings. The molecule has 2 rings (SSSR count). The smallest absolute Gasteiger partial charge is 0.0683 e. The lowest BCUT2D eigenvalue weighted by Gasteiger charge is -2.04. The number of benzene rings is 1. The number of aromatic amines is 1. The van der Waals surface area contributed by atoms with Gasteiger partial charge in [-0.15, -0.1) is 0 Å². The zero-order chi connectivity index (χ0) is 9.26. The predicted octanol–water partition coefficient (Wildman–Crippen LogP) is 1.49. The van der Waals surface area contributed by atoms with E-state index in [1.807, 2.05) is 18.2 Å². The first kappa shape index (κ1) is 8.26. The summed E-state index contributed by atoms with van der Waals surface area (Å²) in [7, 11) is 0. The number of aromatic nitrogens is 2. The summed E-state index contributed by atoms with van der Waals surface area (Å²) >= 11 is 0. The maximum Gasteiger partial charge on any atom is 0.0683 e. The van der Waals surface area contributed by atoms with Crippen molar-refractivity contribution in [3.63, 3.8) is 0 Å². The van der Waals surface area contributed by atoms with Crippen molar-refractivity contribution in [2.75, 3.05) is 0 Å². The van der Waals surface area contributed by atoms with E-state index >= 15 is 0 Å². The quantitative estimate of drug-likeness (QED) is 0.728. The Morgan fingerprint density at radius 1 is 1.54 bits per heavy atom. The van der Waals surface area contributed by atoms with Crippen LogP contribution in [0.25, 0.3) is 10.9 Å². The van der Waals surface area contributed by atoms with Crippen LogP contribution in [0.2, 0.25) is 0 Å². The molecule has 3 heteroatoms. The molecule has 68 valence electrons. The minimum Gasteiger partial charge on any atom is -0.393 e. The zero-order valence-corrected chi connectivity index (χ0v) is 7.49. The first-order valence-corrected chi connectivity index (χ1v) is 4.36. The molecule has 0 saturated carbocycles. The van der Waals surface area contributed by atoms with Crippen molar-refractivity contribution in [3.8, 4) is 0 Å². The molecule has 0 amide bonds. The van der Waals surface area contributed by atoms with Gasteiger partial charge in [0.25, 0.3) is 0 Å². The number of H-pyrrole nitrogens is 1. The summed E-state index contributed by atoms with van der Waals surface area (Å²) in [6.45, 7) is 1.79. The van der Waals surface area contributed by atoms with Gasteiger partial charge in [0.2, 0.25) is 0 Å². The van der Waals surface area contributed by atoms with Crippen LogP contribution in [0.15, 0.2) is 24.4 Å². The van der Waals surface area contributed by atoms with Gasteiger partial charge in [-0.25, -0.2) is 0 Å². The van der Waals surface area contributed by atoms with Crippen LogP contribution in [-0.4, -0.2) is 21.4 Å². The third-order valence-electron chi connectivity index (χ3n) is 2.08. The molecular weight excluding hydrogens is 164 g/mol. The third-order valence-corrected chi connectivity index (χ3v) is 2.08. The molecular formula is C10H12N2O. The molecule has 1 aromatic carbocycles. The van der Waals surface area contributed by atoms with Crippen molar-refractivity contribution in [2.45, 2.75) is 19.4 Å². The van der Waals surface area contributed by atoms with E-state index < -0.39 is 0 Å². The number of nitrogens with zero attached hydrogens (tertiary/aromatic N) is 1. The van der Waals surface area contributed by atoms with E-state index in [1.54, 1.807) is 13.1 Å². The molecule has 0 spiro atoms. The fraction of sp³-hybridized carbons (Fsp3) is 0.300. The number of rotatable bonds is 2. The highest BCUT2D eigenvalue weighted by Crippen LogP contribution is 2.16. The van der Waals surface area contributed by atoms with Gasteiger partial charge in [0.1, 0.15) is 0 Å². The van der Waals surface area contributed by atoms with Crippen LogP contribution >= 0.6 is 0 Å². The van der Waals surface area contributed by atoms with Crippen LogP contribution in [0.1, 0.15) is 12.5 Å². The number of aliphatic hydroxyl groups excluding tert-OH is 1. The van der Waals surface area contributed by atoms with Gasteiger partial charge in [0.15, 0.2) is 0 Å². The second-order valence-electron chi connectivity index (χ2n) is 3.30. The summed E-state index contributed by atoms with van der Waals surface area (Å²) in [4.78, 5) is 0. The highest BCUT2D eigenvalue weighted by molar-refractivity contribution is 5.81. The van der Waals surface area contributed by atoms with Crippen LogP contribution in [0, 0.1) is 0 Å². The molecule has 0 aliphatic carbocycles. The van der Waals surface area contributed by atoms with Crippen molar-refractivity contribution < 1.29 is 5.11 Å². The van der Waals surface area contributed by atoms with Crippen LogP contribution in [0.3, 0.4) is 0 Å². The zero-order valence-electron chi connectivity index (χ0n) is 7.49. The highest BCUT2D eigenvalue weighted by atomic mass is 16.3. The predicted molar refractivity (Wildman–Crippen MR) is 51.5 cm³/mol. The summed E-state index contributed by atoms with van der Waals surface area (Å²) in [5, 5.41) is 17.3. The van der Waals surface area contributed by atoms with E-state index in [0.717, 1.165) is 16.5 Å². The molecule has 0 radical (unpaired) electrons. The maximum absolute atomic E-state index is 9.27. The molecule has 3 nitrogen and oxygen atoms in total. The topological polar surface area (TPSA) is 48.9 Å². The number of fused-ring (bicyclic) bond motifs is 1. The summed E-state index contributed by atoms with van der Waals surface area (Å²) in [5.41, 5.74) is 2.15. The number of hydrogen-bond donors (Lipinski definition) is 2. The van der Waals surface area contributed by atoms with Crippen LogP contribution in [0.4, 0.5) is 0 Å². The normalized spacial score (nSPS) is 13.4. The first-order valence-electron chi connectivity index (χ1n) is 4.36. The second-order valence-corrected chi connectivity index (χ2v) is 3.30. The van der Waals surface area contributed by atoms with Gasteiger partial charge in [-0.2, -0.15) is 5.10 Å². The lowest BCUT2D eigenvalue weighted by Crippen LogP contribution is -2.04. The Kier molecular flexibility index (Phi) is 2.02. The minimum atomic E-state index is -0.311. The van der Waals surface area contributed by atoms with E-state index in [4.69, 9.17) is 0 Å². The third kappa shape index (κ3) is 1.55. The van der Waals surface area contributed by atoms with Crippen molar-refractivity contribution in [1.82, 2.24) is 10.2 Å². The molecule has 0 bridgehead atoms. The average Bonchev–Trinajstić information content (AvgIpc) is 2.51. The van der Waals surface area contributed by atoms with Gasteiger partial charge in [0.05, 0.1) is 17.8 Å². The van der Waals surface area contributed by atoms with Crippen molar-refractivity contribution >= 4 is 10.9 Å². The summed E-state index contributed by atoms with van der Waals surface area (Å²) < 4.78 is 0. The van der Waals surface area contributed by atoms with Crippen molar-refractivity contribution in [2.24, 2.45) is 0 Å². The van der Waals surface area contributed by atoms with E-state index in [0.29, 0.717) is 6.42 Å². The summed E-state index contributed by atoms with van der Waals surface area (Å²) in [6.07, 6.45) is 2.15. The van der Waals surface area contributed by atoms with Gasteiger partial charge in [-0.05, 0) is 12.5 Å². The van der Waals surface area contributed by atoms with Crippen LogP contribution < -0.4 is 0 Å². The Morgan fingerprint density at radius 2 is 2.38 bits per heavy atom. The van der Waals surface area contributed by atoms with E-state index in [9.17, 15) is 5.11 Å². The van der Waals surface area contributed by atoms with E-state index in [-0.39, 0.29) is 6.10 Å². The molecule has 2 N–H and O–H groups in total. The van der Waals surface area contributed by atoms with Gasteiger partial charge in [-0.3, -0.25) is 5.10 Å². The fourth-order valence-corrected chi connectivity index (χ4v) is 1.52. The average molecular weight is 176 g/mol. The second kappa shape index (κ2) is 3.18. The highest BCUT2D eigenvalue weighted by Gasteiger charge is 2.04.